The molecule has 0 bridgehead atoms. The van der Waals surface area contributed by atoms with Gasteiger partial charge in [0.1, 0.15) is 5.54 Å². The first kappa shape index (κ1) is 14.0. The van der Waals surface area contributed by atoms with Crippen LogP contribution in [0.5, 0.6) is 0 Å². The SMILES string of the molecule is CCc1ccc(C(=O)NC2(C(=O)O)CC2)cc1[N+](=O)[O-]. The van der Waals surface area contributed by atoms with E-state index in [4.69, 9.17) is 5.11 Å². The van der Waals surface area contributed by atoms with Crippen LogP contribution in [0.15, 0.2) is 18.2 Å². The molecule has 2 rings (SSSR count). The van der Waals surface area contributed by atoms with Crippen molar-refractivity contribution in [1.82, 2.24) is 5.32 Å². The Kier molecular flexibility index (Phi) is 3.44. The Morgan fingerprint density at radius 3 is 2.55 bits per heavy atom. The third-order valence-electron chi connectivity index (χ3n) is 3.44. The molecule has 0 saturated heterocycles. The van der Waals surface area contributed by atoms with Crippen LogP contribution in [0, 0.1) is 10.1 Å². The summed E-state index contributed by atoms with van der Waals surface area (Å²) < 4.78 is 0. The summed E-state index contributed by atoms with van der Waals surface area (Å²) in [5.41, 5.74) is -0.692. The van der Waals surface area contributed by atoms with Crippen molar-refractivity contribution < 1.29 is 19.6 Å². The second kappa shape index (κ2) is 4.92. The lowest BCUT2D eigenvalue weighted by Gasteiger charge is -2.12. The van der Waals surface area contributed by atoms with Gasteiger partial charge < -0.3 is 10.4 Å². The van der Waals surface area contributed by atoms with E-state index >= 15 is 0 Å². The number of nitro benzene ring substituents is 1. The minimum atomic E-state index is -1.20. The quantitative estimate of drug-likeness (QED) is 0.626. The van der Waals surface area contributed by atoms with Crippen molar-refractivity contribution in [2.45, 2.75) is 31.7 Å². The minimum Gasteiger partial charge on any atom is -0.480 e. The first-order valence-electron chi connectivity index (χ1n) is 6.23. The topological polar surface area (TPSA) is 110 Å². The molecule has 2 N–H and O–H groups in total. The highest BCUT2D eigenvalue weighted by molar-refractivity contribution is 5.99. The molecule has 0 aromatic heterocycles. The summed E-state index contributed by atoms with van der Waals surface area (Å²) in [7, 11) is 0. The lowest BCUT2D eigenvalue weighted by atomic mass is 10.1. The van der Waals surface area contributed by atoms with Gasteiger partial charge >= 0.3 is 5.97 Å². The highest BCUT2D eigenvalue weighted by Gasteiger charge is 2.51. The van der Waals surface area contributed by atoms with Crippen LogP contribution in [0.4, 0.5) is 5.69 Å². The first-order valence-corrected chi connectivity index (χ1v) is 6.23. The normalized spacial score (nSPS) is 15.4. The van der Waals surface area contributed by atoms with Gasteiger partial charge in [-0.1, -0.05) is 13.0 Å². The molecule has 0 aliphatic heterocycles. The van der Waals surface area contributed by atoms with E-state index in [9.17, 15) is 19.7 Å². The van der Waals surface area contributed by atoms with Crippen LogP contribution in [0.1, 0.15) is 35.7 Å². The molecule has 1 amide bonds. The number of nitrogens with one attached hydrogen (secondary N) is 1. The number of nitro groups is 1. The third-order valence-corrected chi connectivity index (χ3v) is 3.44. The fourth-order valence-corrected chi connectivity index (χ4v) is 1.98. The summed E-state index contributed by atoms with van der Waals surface area (Å²) in [6.45, 7) is 1.78. The van der Waals surface area contributed by atoms with E-state index in [1.165, 1.54) is 18.2 Å². The number of benzene rings is 1. The van der Waals surface area contributed by atoms with Crippen molar-refractivity contribution in [2.24, 2.45) is 0 Å². The monoisotopic (exact) mass is 278 g/mol. The molecule has 0 heterocycles. The molecule has 106 valence electrons. The summed E-state index contributed by atoms with van der Waals surface area (Å²) >= 11 is 0. The number of aliphatic carboxylic acids is 1. The fourth-order valence-electron chi connectivity index (χ4n) is 1.98. The van der Waals surface area contributed by atoms with Crippen LogP contribution in [0.3, 0.4) is 0 Å². The lowest BCUT2D eigenvalue weighted by Crippen LogP contribution is -2.43. The smallest absolute Gasteiger partial charge is 0.329 e. The highest BCUT2D eigenvalue weighted by atomic mass is 16.6. The van der Waals surface area contributed by atoms with Gasteiger partial charge in [-0.05, 0) is 25.3 Å². The fraction of sp³-hybridized carbons (Fsp3) is 0.385. The Hall–Kier alpha value is -2.44. The van der Waals surface area contributed by atoms with E-state index in [1.807, 2.05) is 0 Å². The number of hydrogen-bond acceptors (Lipinski definition) is 4. The number of carbonyl (C=O) groups is 2. The van der Waals surface area contributed by atoms with Gasteiger partial charge in [0.2, 0.25) is 0 Å². The zero-order valence-corrected chi connectivity index (χ0v) is 10.9. The van der Waals surface area contributed by atoms with Crippen LogP contribution in [-0.4, -0.2) is 27.4 Å². The van der Waals surface area contributed by atoms with Crippen LogP contribution >= 0.6 is 0 Å². The Morgan fingerprint density at radius 1 is 1.45 bits per heavy atom. The van der Waals surface area contributed by atoms with Crippen molar-refractivity contribution >= 4 is 17.6 Å². The van der Waals surface area contributed by atoms with Crippen LogP contribution in [0.25, 0.3) is 0 Å². The molecule has 1 saturated carbocycles. The largest absolute Gasteiger partial charge is 0.480 e. The second-order valence-corrected chi connectivity index (χ2v) is 4.80. The number of carboxylic acid groups (broad SMARTS) is 1. The maximum Gasteiger partial charge on any atom is 0.329 e. The van der Waals surface area contributed by atoms with Gasteiger partial charge in [0.05, 0.1) is 4.92 Å². The zero-order chi connectivity index (χ0) is 14.9. The number of carboxylic acids is 1. The summed E-state index contributed by atoms with van der Waals surface area (Å²) in [4.78, 5) is 33.4. The molecule has 1 aliphatic rings. The molecule has 1 fully saturated rings. The molecule has 0 radical (unpaired) electrons. The van der Waals surface area contributed by atoms with Gasteiger partial charge in [0, 0.05) is 17.2 Å². The molecule has 1 aromatic carbocycles. The molecule has 0 spiro atoms. The summed E-state index contributed by atoms with van der Waals surface area (Å²) in [5.74, 6) is -1.68. The average molecular weight is 278 g/mol. The van der Waals surface area contributed by atoms with E-state index in [-0.39, 0.29) is 11.3 Å². The van der Waals surface area contributed by atoms with E-state index < -0.39 is 22.3 Å². The first-order chi connectivity index (χ1) is 9.39. The van der Waals surface area contributed by atoms with Crippen molar-refractivity contribution in [2.75, 3.05) is 0 Å². The van der Waals surface area contributed by atoms with E-state index in [0.29, 0.717) is 24.8 Å². The van der Waals surface area contributed by atoms with Crippen LogP contribution < -0.4 is 5.32 Å². The molecule has 7 nitrogen and oxygen atoms in total. The minimum absolute atomic E-state index is 0.0985. The number of amides is 1. The molecular weight excluding hydrogens is 264 g/mol. The Morgan fingerprint density at radius 2 is 2.10 bits per heavy atom. The maximum atomic E-state index is 12.0. The Balaban J connectivity index is 2.25. The van der Waals surface area contributed by atoms with Crippen LogP contribution in [0.2, 0.25) is 0 Å². The number of carbonyl (C=O) groups excluding carboxylic acids is 1. The number of aryl methyl sites for hydroxylation is 1. The van der Waals surface area contributed by atoms with E-state index in [0.717, 1.165) is 0 Å². The van der Waals surface area contributed by atoms with Gasteiger partial charge in [0.15, 0.2) is 0 Å². The lowest BCUT2D eigenvalue weighted by molar-refractivity contribution is -0.385. The summed E-state index contributed by atoms with van der Waals surface area (Å²) in [6, 6.07) is 4.18. The predicted molar refractivity (Wildman–Crippen MR) is 69.5 cm³/mol. The molecule has 0 atom stereocenters. The summed E-state index contributed by atoms with van der Waals surface area (Å²) in [6.07, 6.45) is 1.24. The van der Waals surface area contributed by atoms with Gasteiger partial charge in [0.25, 0.3) is 11.6 Å². The molecule has 1 aliphatic carbocycles. The third kappa shape index (κ3) is 2.47. The van der Waals surface area contributed by atoms with Gasteiger partial charge in [-0.25, -0.2) is 4.79 Å². The standard InChI is InChI=1S/C13H14N2O5/c1-2-8-3-4-9(7-10(8)15(19)20)11(16)14-13(5-6-13)12(17)18/h3-4,7H,2,5-6H2,1H3,(H,14,16)(H,17,18). The Labute approximate surface area is 114 Å². The van der Waals surface area contributed by atoms with Crippen LogP contribution in [-0.2, 0) is 11.2 Å². The van der Waals surface area contributed by atoms with Crippen molar-refractivity contribution in [1.29, 1.82) is 0 Å². The molecule has 7 heteroatoms. The number of hydrogen-bond donors (Lipinski definition) is 2. The van der Waals surface area contributed by atoms with E-state index in [2.05, 4.69) is 5.32 Å². The van der Waals surface area contributed by atoms with Gasteiger partial charge in [-0.15, -0.1) is 0 Å². The molecule has 20 heavy (non-hydrogen) atoms. The molecule has 1 aromatic rings. The maximum absolute atomic E-state index is 12.0. The Bertz CT molecular complexity index is 592. The molecule has 0 unspecified atom stereocenters. The van der Waals surface area contributed by atoms with Crippen molar-refractivity contribution in [3.8, 4) is 0 Å². The van der Waals surface area contributed by atoms with E-state index in [1.54, 1.807) is 6.92 Å². The average Bonchev–Trinajstić information content (AvgIpc) is 3.18. The van der Waals surface area contributed by atoms with Gasteiger partial charge in [-0.2, -0.15) is 0 Å². The summed E-state index contributed by atoms with van der Waals surface area (Å²) in [5, 5.41) is 22.4. The number of rotatable bonds is 5. The van der Waals surface area contributed by atoms with Crippen molar-refractivity contribution in [3.63, 3.8) is 0 Å². The second-order valence-electron chi connectivity index (χ2n) is 4.80. The zero-order valence-electron chi connectivity index (χ0n) is 10.9. The predicted octanol–water partition coefficient (Wildman–Crippen LogP) is 1.50. The highest BCUT2D eigenvalue weighted by Crippen LogP contribution is 2.36. The van der Waals surface area contributed by atoms with Crippen molar-refractivity contribution in [3.05, 3.63) is 39.4 Å². The van der Waals surface area contributed by atoms with Gasteiger partial charge in [-0.3, -0.25) is 14.9 Å². The molecular formula is C13H14N2O5. The number of nitrogens with zero attached hydrogens (tertiary/aromatic N) is 1.